The molecule has 0 saturated carbocycles. The van der Waals surface area contributed by atoms with E-state index in [2.05, 4.69) is 15.3 Å². The van der Waals surface area contributed by atoms with E-state index in [9.17, 15) is 5.11 Å². The molecule has 0 saturated heterocycles. The summed E-state index contributed by atoms with van der Waals surface area (Å²) < 4.78 is 1.62. The van der Waals surface area contributed by atoms with Gasteiger partial charge in [0.1, 0.15) is 11.2 Å². The van der Waals surface area contributed by atoms with E-state index in [0.29, 0.717) is 17.0 Å². The summed E-state index contributed by atoms with van der Waals surface area (Å²) in [6, 6.07) is 22.5. The quantitative estimate of drug-likeness (QED) is 0.585. The molecule has 0 fully saturated rings. The smallest absolute Gasteiger partial charge is 0.150 e. The third kappa shape index (κ3) is 2.42. The number of pyridine rings is 1. The third-order valence-electron chi connectivity index (χ3n) is 3.74. The van der Waals surface area contributed by atoms with Crippen LogP contribution in [0.3, 0.4) is 0 Å². The van der Waals surface area contributed by atoms with Gasteiger partial charge in [0.2, 0.25) is 0 Å². The summed E-state index contributed by atoms with van der Waals surface area (Å²) in [6.07, 6.45) is 1.69. The minimum absolute atomic E-state index is 0.102. The molecule has 0 bridgehead atoms. The average Bonchev–Trinajstić information content (AvgIpc) is 3.07. The van der Waals surface area contributed by atoms with Crippen molar-refractivity contribution >= 4 is 22.5 Å². The molecule has 0 atom stereocenters. The number of hydrogen-bond donors (Lipinski definition) is 1. The first-order valence-corrected chi connectivity index (χ1v) is 7.55. The van der Waals surface area contributed by atoms with E-state index in [4.69, 9.17) is 0 Å². The van der Waals surface area contributed by atoms with Crippen LogP contribution in [-0.2, 0) is 0 Å². The fourth-order valence-corrected chi connectivity index (χ4v) is 2.60. The van der Waals surface area contributed by atoms with Gasteiger partial charge in [-0.1, -0.05) is 53.7 Å². The number of aliphatic hydroxyl groups is 1. The van der Waals surface area contributed by atoms with Crippen molar-refractivity contribution in [1.29, 1.82) is 0 Å². The van der Waals surface area contributed by atoms with Crippen molar-refractivity contribution in [3.63, 3.8) is 0 Å². The van der Waals surface area contributed by atoms with E-state index in [0.717, 1.165) is 11.0 Å². The monoisotopic (exact) mass is 314 g/mol. The van der Waals surface area contributed by atoms with E-state index >= 15 is 0 Å². The molecular weight excluding hydrogens is 300 g/mol. The largest absolute Gasteiger partial charge is 0.505 e. The van der Waals surface area contributed by atoms with Gasteiger partial charge in [-0.15, -0.1) is 5.10 Å². The molecule has 4 rings (SSSR count). The second kappa shape index (κ2) is 5.96. The molecule has 24 heavy (non-hydrogen) atoms. The number of hydrogen-bond acceptors (Lipinski definition) is 4. The van der Waals surface area contributed by atoms with Crippen LogP contribution in [0.25, 0.3) is 22.5 Å². The van der Waals surface area contributed by atoms with Crippen LogP contribution in [0, 0.1) is 0 Å². The van der Waals surface area contributed by atoms with E-state index in [1.54, 1.807) is 10.9 Å². The van der Waals surface area contributed by atoms with Crippen LogP contribution >= 0.6 is 0 Å². The van der Waals surface area contributed by atoms with Crippen molar-refractivity contribution in [3.8, 4) is 0 Å². The zero-order valence-electron chi connectivity index (χ0n) is 12.7. The first-order valence-electron chi connectivity index (χ1n) is 7.55. The predicted octanol–water partition coefficient (Wildman–Crippen LogP) is 3.76. The Labute approximate surface area is 138 Å². The summed E-state index contributed by atoms with van der Waals surface area (Å²) >= 11 is 0. The lowest BCUT2D eigenvalue weighted by Crippen LogP contribution is -2.06. The van der Waals surface area contributed by atoms with Crippen molar-refractivity contribution in [3.05, 3.63) is 90.3 Å². The Balaban J connectivity index is 2.02. The van der Waals surface area contributed by atoms with Crippen LogP contribution in [0.15, 0.2) is 79.0 Å². The van der Waals surface area contributed by atoms with Crippen molar-refractivity contribution in [1.82, 2.24) is 20.0 Å². The normalized spacial score (nSPS) is 12.2. The lowest BCUT2D eigenvalue weighted by atomic mass is 10.1. The summed E-state index contributed by atoms with van der Waals surface area (Å²) in [4.78, 5) is 4.38. The molecule has 2 aromatic heterocycles. The highest BCUT2D eigenvalue weighted by molar-refractivity contribution is 5.90. The van der Waals surface area contributed by atoms with Gasteiger partial charge in [-0.3, -0.25) is 4.98 Å². The summed E-state index contributed by atoms with van der Waals surface area (Å²) in [5.41, 5.74) is 3.37. The first-order chi connectivity index (χ1) is 11.8. The molecule has 0 aliphatic heterocycles. The number of nitrogens with zero attached hydrogens (tertiary/aromatic N) is 4. The second-order valence-electron chi connectivity index (χ2n) is 5.27. The third-order valence-corrected chi connectivity index (χ3v) is 3.74. The molecule has 0 spiro atoms. The number of rotatable bonds is 3. The van der Waals surface area contributed by atoms with Crippen LogP contribution in [0.2, 0.25) is 0 Å². The van der Waals surface area contributed by atoms with Gasteiger partial charge in [-0.2, -0.15) is 0 Å². The number of aliphatic hydroxyl groups excluding tert-OH is 1. The molecule has 0 radical (unpaired) electrons. The number of benzene rings is 2. The first kappa shape index (κ1) is 14.1. The van der Waals surface area contributed by atoms with Crippen LogP contribution in [0.1, 0.15) is 11.3 Å². The molecule has 0 aliphatic rings. The number of para-hydroxylation sites is 1. The van der Waals surface area contributed by atoms with Gasteiger partial charge < -0.3 is 5.11 Å². The molecule has 5 heteroatoms. The summed E-state index contributed by atoms with van der Waals surface area (Å²) in [7, 11) is 0. The molecule has 5 nitrogen and oxygen atoms in total. The molecule has 4 aromatic rings. The minimum atomic E-state index is 0.102. The van der Waals surface area contributed by atoms with Gasteiger partial charge in [-0.05, 0) is 24.3 Å². The van der Waals surface area contributed by atoms with E-state index in [1.165, 1.54) is 0 Å². The van der Waals surface area contributed by atoms with E-state index < -0.39 is 0 Å². The predicted molar refractivity (Wildman–Crippen MR) is 93.0 cm³/mol. The van der Waals surface area contributed by atoms with Crippen molar-refractivity contribution in [2.24, 2.45) is 0 Å². The molecule has 2 aromatic carbocycles. The van der Waals surface area contributed by atoms with E-state index in [-0.39, 0.29) is 5.76 Å². The average molecular weight is 314 g/mol. The van der Waals surface area contributed by atoms with Crippen LogP contribution in [0.4, 0.5) is 0 Å². The molecule has 0 aliphatic carbocycles. The summed E-state index contributed by atoms with van der Waals surface area (Å²) in [5, 5.41) is 19.3. The van der Waals surface area contributed by atoms with Gasteiger partial charge in [0.25, 0.3) is 0 Å². The molecule has 2 heterocycles. The fourth-order valence-electron chi connectivity index (χ4n) is 2.60. The molecule has 116 valence electrons. The summed E-state index contributed by atoms with van der Waals surface area (Å²) in [6.45, 7) is 0. The minimum Gasteiger partial charge on any atom is -0.505 e. The van der Waals surface area contributed by atoms with Crippen molar-refractivity contribution in [2.45, 2.75) is 0 Å². The second-order valence-corrected chi connectivity index (χ2v) is 5.27. The number of fused-ring (bicyclic) bond motifs is 1. The van der Waals surface area contributed by atoms with Gasteiger partial charge in [0.15, 0.2) is 5.76 Å². The van der Waals surface area contributed by atoms with Crippen LogP contribution < -0.4 is 0 Å². The van der Waals surface area contributed by atoms with Crippen LogP contribution in [-0.4, -0.2) is 25.1 Å². The van der Waals surface area contributed by atoms with Gasteiger partial charge in [-0.25, -0.2) is 4.68 Å². The molecule has 0 amide bonds. The maximum atomic E-state index is 10.9. The molecular formula is C19H14N4O. The maximum absolute atomic E-state index is 10.9. The molecule has 0 unspecified atom stereocenters. The van der Waals surface area contributed by atoms with Gasteiger partial charge in [0, 0.05) is 11.8 Å². The zero-order valence-corrected chi connectivity index (χ0v) is 12.7. The lowest BCUT2D eigenvalue weighted by molar-refractivity contribution is 0.510. The van der Waals surface area contributed by atoms with Crippen LogP contribution in [0.5, 0.6) is 0 Å². The van der Waals surface area contributed by atoms with Crippen molar-refractivity contribution in [2.75, 3.05) is 0 Å². The SMILES string of the molecule is O/C(=C(/c1ccccn1)n1nnc2ccccc21)c1ccccc1. The Hall–Kier alpha value is -3.47. The standard InChI is InChI=1S/C19H14N4O/c24-19(14-8-2-1-3-9-14)18(16-11-6-7-13-20-16)23-17-12-5-4-10-15(17)21-22-23/h1-13,24H/b19-18-. The van der Waals surface area contributed by atoms with Gasteiger partial charge >= 0.3 is 0 Å². The number of aromatic nitrogens is 4. The topological polar surface area (TPSA) is 63.8 Å². The Morgan fingerprint density at radius 1 is 0.833 bits per heavy atom. The summed E-state index contributed by atoms with van der Waals surface area (Å²) in [5.74, 6) is 0.102. The Kier molecular flexibility index (Phi) is 3.51. The Morgan fingerprint density at radius 2 is 1.58 bits per heavy atom. The highest BCUT2D eigenvalue weighted by Gasteiger charge is 2.17. The zero-order chi connectivity index (χ0) is 16.4. The maximum Gasteiger partial charge on any atom is 0.150 e. The lowest BCUT2D eigenvalue weighted by Gasteiger charge is -2.11. The van der Waals surface area contributed by atoms with E-state index in [1.807, 2.05) is 72.8 Å². The highest BCUT2D eigenvalue weighted by Crippen LogP contribution is 2.26. The fraction of sp³-hybridized carbons (Fsp3) is 0. The highest BCUT2D eigenvalue weighted by atomic mass is 16.3. The van der Waals surface area contributed by atoms with Gasteiger partial charge in [0.05, 0.1) is 11.2 Å². The molecule has 1 N–H and O–H groups in total. The Bertz CT molecular complexity index is 1010. The Morgan fingerprint density at radius 3 is 2.38 bits per heavy atom. The van der Waals surface area contributed by atoms with Crippen molar-refractivity contribution < 1.29 is 5.11 Å².